The van der Waals surface area contributed by atoms with Crippen LogP contribution in [0.5, 0.6) is 0 Å². The lowest BCUT2D eigenvalue weighted by atomic mass is 9.89. The number of carbonyl (C=O) groups excluding carboxylic acids is 1. The minimum absolute atomic E-state index is 0.0610. The van der Waals surface area contributed by atoms with E-state index in [2.05, 4.69) is 5.10 Å². The molecule has 4 atom stereocenters. The number of amides is 1. The number of benzene rings is 1. The fraction of sp³-hybridized carbons (Fsp3) is 0.500. The molecule has 0 radical (unpaired) electrons. The van der Waals surface area contributed by atoms with E-state index >= 15 is 0 Å². The fourth-order valence-corrected chi connectivity index (χ4v) is 4.36. The average molecular weight is 327 g/mol. The zero-order valence-electron chi connectivity index (χ0n) is 13.6. The second-order valence-electron chi connectivity index (χ2n) is 7.01. The number of hydrogen-bond donors (Lipinski definition) is 1. The molecule has 2 aromatic rings. The number of aromatic nitrogens is 2. The third kappa shape index (κ3) is 2.28. The predicted molar refractivity (Wildman–Crippen MR) is 88.3 cm³/mol. The van der Waals surface area contributed by atoms with Crippen LogP contribution in [0.25, 0.3) is 10.9 Å². The monoisotopic (exact) mass is 327 g/mol. The highest BCUT2D eigenvalue weighted by atomic mass is 16.4. The molecule has 6 nitrogen and oxygen atoms in total. The van der Waals surface area contributed by atoms with Crippen LogP contribution in [0.4, 0.5) is 0 Å². The highest BCUT2D eigenvalue weighted by Gasteiger charge is 2.51. The molecule has 0 aliphatic carbocycles. The molecule has 1 amide bonds. The molecule has 24 heavy (non-hydrogen) atoms. The summed E-state index contributed by atoms with van der Waals surface area (Å²) in [5.41, 5.74) is 1.02. The zero-order chi connectivity index (χ0) is 16.8. The van der Waals surface area contributed by atoms with Gasteiger partial charge < -0.3 is 10.0 Å². The van der Waals surface area contributed by atoms with Gasteiger partial charge in [-0.15, -0.1) is 0 Å². The normalized spacial score (nSPS) is 26.9. The molecule has 126 valence electrons. The lowest BCUT2D eigenvalue weighted by Gasteiger charge is -2.26. The fourth-order valence-electron chi connectivity index (χ4n) is 4.36. The number of carboxylic acids is 1. The van der Waals surface area contributed by atoms with E-state index in [1.165, 1.54) is 0 Å². The summed E-state index contributed by atoms with van der Waals surface area (Å²) < 4.78 is 1.87. The predicted octanol–water partition coefficient (Wildman–Crippen LogP) is 2.14. The van der Waals surface area contributed by atoms with E-state index < -0.39 is 11.9 Å². The van der Waals surface area contributed by atoms with Crippen LogP contribution in [0.1, 0.15) is 26.2 Å². The SMILES string of the molecule is CC(Cn1ncc2ccccc21)C(=O)N1[C@@H]2CC[C@H]1[C@H](C(=O)O)C2. The first kappa shape index (κ1) is 15.2. The van der Waals surface area contributed by atoms with Gasteiger partial charge in [-0.1, -0.05) is 25.1 Å². The molecule has 2 bridgehead atoms. The van der Waals surface area contributed by atoms with Crippen LogP contribution in [0.15, 0.2) is 30.5 Å². The first-order valence-corrected chi connectivity index (χ1v) is 8.52. The van der Waals surface area contributed by atoms with E-state index in [1.54, 1.807) is 0 Å². The quantitative estimate of drug-likeness (QED) is 0.933. The topological polar surface area (TPSA) is 75.4 Å². The van der Waals surface area contributed by atoms with Crippen molar-refractivity contribution in [1.29, 1.82) is 0 Å². The van der Waals surface area contributed by atoms with Gasteiger partial charge in [-0.05, 0) is 25.3 Å². The Morgan fingerprint density at radius 1 is 1.33 bits per heavy atom. The molecular weight excluding hydrogens is 306 g/mol. The Hall–Kier alpha value is -2.37. The van der Waals surface area contributed by atoms with Crippen molar-refractivity contribution in [2.24, 2.45) is 11.8 Å². The molecule has 2 aliphatic rings. The second-order valence-corrected chi connectivity index (χ2v) is 7.01. The number of nitrogens with zero attached hydrogens (tertiary/aromatic N) is 3. The summed E-state index contributed by atoms with van der Waals surface area (Å²) in [7, 11) is 0. The van der Waals surface area contributed by atoms with E-state index in [1.807, 2.05) is 47.0 Å². The van der Waals surface area contributed by atoms with Gasteiger partial charge in [0.25, 0.3) is 0 Å². The van der Waals surface area contributed by atoms with Crippen molar-refractivity contribution in [1.82, 2.24) is 14.7 Å². The average Bonchev–Trinajstić information content (AvgIpc) is 3.27. The van der Waals surface area contributed by atoms with E-state index in [9.17, 15) is 14.7 Å². The van der Waals surface area contributed by atoms with Gasteiger partial charge >= 0.3 is 5.97 Å². The third-order valence-electron chi connectivity index (χ3n) is 5.53. The highest BCUT2D eigenvalue weighted by molar-refractivity contribution is 5.83. The van der Waals surface area contributed by atoms with E-state index in [0.717, 1.165) is 23.7 Å². The molecule has 1 unspecified atom stereocenters. The number of fused-ring (bicyclic) bond motifs is 3. The van der Waals surface area contributed by atoms with Crippen LogP contribution in [-0.2, 0) is 16.1 Å². The molecule has 3 heterocycles. The minimum atomic E-state index is -0.772. The molecular formula is C18H21N3O3. The Kier molecular flexibility index (Phi) is 3.55. The van der Waals surface area contributed by atoms with Gasteiger partial charge in [-0.3, -0.25) is 14.3 Å². The summed E-state index contributed by atoms with van der Waals surface area (Å²) in [5.74, 6) is -1.33. The summed E-state index contributed by atoms with van der Waals surface area (Å²) in [4.78, 5) is 26.2. The maximum Gasteiger partial charge on any atom is 0.308 e. The number of carbonyl (C=O) groups is 2. The summed E-state index contributed by atoms with van der Waals surface area (Å²) in [6, 6.07) is 7.91. The Labute approximate surface area is 140 Å². The van der Waals surface area contributed by atoms with Gasteiger partial charge in [0.15, 0.2) is 0 Å². The van der Waals surface area contributed by atoms with E-state index in [-0.39, 0.29) is 23.9 Å². The second kappa shape index (κ2) is 5.61. The molecule has 1 aromatic heterocycles. The van der Waals surface area contributed by atoms with Crippen LogP contribution >= 0.6 is 0 Å². The van der Waals surface area contributed by atoms with Crippen molar-refractivity contribution in [2.45, 2.75) is 44.8 Å². The summed E-state index contributed by atoms with van der Waals surface area (Å²) >= 11 is 0. The van der Waals surface area contributed by atoms with Crippen LogP contribution in [0, 0.1) is 11.8 Å². The van der Waals surface area contributed by atoms with Gasteiger partial charge in [0.2, 0.25) is 5.91 Å². The smallest absolute Gasteiger partial charge is 0.308 e. The lowest BCUT2D eigenvalue weighted by molar-refractivity contribution is -0.143. The van der Waals surface area contributed by atoms with Gasteiger partial charge in [-0.25, -0.2) is 0 Å². The van der Waals surface area contributed by atoms with Crippen LogP contribution < -0.4 is 0 Å². The molecule has 2 aliphatic heterocycles. The number of rotatable bonds is 4. The molecule has 6 heteroatoms. The Morgan fingerprint density at radius 3 is 2.88 bits per heavy atom. The number of para-hydroxylation sites is 1. The molecule has 2 fully saturated rings. The van der Waals surface area contributed by atoms with Crippen molar-refractivity contribution in [2.75, 3.05) is 0 Å². The molecule has 1 aromatic carbocycles. The number of hydrogen-bond acceptors (Lipinski definition) is 3. The van der Waals surface area contributed by atoms with Gasteiger partial charge in [0, 0.05) is 17.5 Å². The Balaban J connectivity index is 1.52. The third-order valence-corrected chi connectivity index (χ3v) is 5.53. The summed E-state index contributed by atoms with van der Waals surface area (Å²) in [6.45, 7) is 2.42. The van der Waals surface area contributed by atoms with Crippen molar-refractivity contribution in [3.05, 3.63) is 30.5 Å². The maximum absolute atomic E-state index is 12.9. The largest absolute Gasteiger partial charge is 0.481 e. The van der Waals surface area contributed by atoms with E-state index in [4.69, 9.17) is 0 Å². The first-order chi connectivity index (χ1) is 11.6. The Morgan fingerprint density at radius 2 is 2.12 bits per heavy atom. The minimum Gasteiger partial charge on any atom is -0.481 e. The molecule has 0 saturated carbocycles. The van der Waals surface area contributed by atoms with Gasteiger partial charge in [0.05, 0.1) is 30.1 Å². The molecule has 2 saturated heterocycles. The first-order valence-electron chi connectivity index (χ1n) is 8.52. The van der Waals surface area contributed by atoms with Crippen molar-refractivity contribution < 1.29 is 14.7 Å². The van der Waals surface area contributed by atoms with Gasteiger partial charge in [-0.2, -0.15) is 5.10 Å². The van der Waals surface area contributed by atoms with Crippen LogP contribution in [-0.4, -0.2) is 43.7 Å². The summed E-state index contributed by atoms with van der Waals surface area (Å²) in [6.07, 6.45) is 4.15. The van der Waals surface area contributed by atoms with E-state index in [0.29, 0.717) is 13.0 Å². The Bertz CT molecular complexity index is 800. The standard InChI is InChI=1S/C18H21N3O3/c1-11(10-20-15-5-3-2-4-12(15)9-19-20)17(22)21-13-6-7-16(21)14(8-13)18(23)24/h2-5,9,11,13-14,16H,6-8,10H2,1H3,(H,23,24)/t11?,13-,14-,16+/m1/s1. The van der Waals surface area contributed by atoms with Crippen molar-refractivity contribution >= 4 is 22.8 Å². The molecule has 0 spiro atoms. The summed E-state index contributed by atoms with van der Waals surface area (Å²) in [5, 5.41) is 14.8. The zero-order valence-corrected chi connectivity index (χ0v) is 13.6. The number of carboxylic acid groups (broad SMARTS) is 1. The van der Waals surface area contributed by atoms with Crippen LogP contribution in [0.2, 0.25) is 0 Å². The van der Waals surface area contributed by atoms with Crippen LogP contribution in [0.3, 0.4) is 0 Å². The molecule has 1 N–H and O–H groups in total. The van der Waals surface area contributed by atoms with Crippen molar-refractivity contribution in [3.63, 3.8) is 0 Å². The maximum atomic E-state index is 12.9. The number of aliphatic carboxylic acids is 1. The van der Waals surface area contributed by atoms with Crippen molar-refractivity contribution in [3.8, 4) is 0 Å². The highest BCUT2D eigenvalue weighted by Crippen LogP contribution is 2.42. The molecule has 4 rings (SSSR count). The van der Waals surface area contributed by atoms with Gasteiger partial charge in [0.1, 0.15) is 0 Å². The lowest BCUT2D eigenvalue weighted by Crippen LogP contribution is -2.41.